The molecule has 0 atom stereocenters. The van der Waals surface area contributed by atoms with Crippen molar-refractivity contribution in [2.75, 3.05) is 38.5 Å². The molecule has 1 aliphatic heterocycles. The van der Waals surface area contributed by atoms with E-state index in [0.29, 0.717) is 0 Å². The molecule has 0 amide bonds. The Morgan fingerprint density at radius 1 is 1.17 bits per heavy atom. The summed E-state index contributed by atoms with van der Waals surface area (Å²) in [6.45, 7) is 12.3. The minimum absolute atomic E-state index is 0.286. The van der Waals surface area contributed by atoms with Gasteiger partial charge in [-0.25, -0.2) is 0 Å². The lowest BCUT2D eigenvalue weighted by Gasteiger charge is -2.42. The standard InChI is InChI=1S/C12H23N5S/c1-12(2,3)17-7-5-16(6-8-17)9-10-14-15-11(13-4)18-10/h5-9H2,1-4H3,(H,13,15). The van der Waals surface area contributed by atoms with Gasteiger partial charge in [0.25, 0.3) is 0 Å². The Kier molecular flexibility index (Phi) is 4.19. The van der Waals surface area contributed by atoms with E-state index in [1.54, 1.807) is 11.3 Å². The zero-order chi connectivity index (χ0) is 13.2. The van der Waals surface area contributed by atoms with Crippen molar-refractivity contribution in [3.63, 3.8) is 0 Å². The van der Waals surface area contributed by atoms with Crippen molar-refractivity contribution in [3.8, 4) is 0 Å². The number of hydrogen-bond donors (Lipinski definition) is 1. The van der Waals surface area contributed by atoms with E-state index in [1.165, 1.54) is 0 Å². The van der Waals surface area contributed by atoms with Crippen molar-refractivity contribution in [3.05, 3.63) is 5.01 Å². The summed E-state index contributed by atoms with van der Waals surface area (Å²) >= 11 is 1.64. The molecule has 102 valence electrons. The molecule has 2 heterocycles. The second kappa shape index (κ2) is 5.50. The summed E-state index contributed by atoms with van der Waals surface area (Å²) in [7, 11) is 1.88. The average molecular weight is 269 g/mol. The summed E-state index contributed by atoms with van der Waals surface area (Å²) in [6.07, 6.45) is 0. The van der Waals surface area contributed by atoms with Crippen LogP contribution in [0.2, 0.25) is 0 Å². The highest BCUT2D eigenvalue weighted by atomic mass is 32.1. The van der Waals surface area contributed by atoms with Crippen molar-refractivity contribution >= 4 is 16.5 Å². The first-order valence-electron chi connectivity index (χ1n) is 6.46. The van der Waals surface area contributed by atoms with E-state index in [2.05, 4.69) is 46.1 Å². The Morgan fingerprint density at radius 2 is 1.83 bits per heavy atom. The summed E-state index contributed by atoms with van der Waals surface area (Å²) in [5.41, 5.74) is 0.286. The SMILES string of the molecule is CNc1nnc(CN2CCN(C(C)(C)C)CC2)s1. The lowest BCUT2D eigenvalue weighted by atomic mass is 10.1. The smallest absolute Gasteiger partial charge is 0.205 e. The van der Waals surface area contributed by atoms with Gasteiger partial charge in [-0.3, -0.25) is 9.80 Å². The minimum atomic E-state index is 0.286. The first kappa shape index (κ1) is 13.7. The van der Waals surface area contributed by atoms with E-state index >= 15 is 0 Å². The highest BCUT2D eigenvalue weighted by molar-refractivity contribution is 7.15. The molecule has 0 bridgehead atoms. The zero-order valence-corrected chi connectivity index (χ0v) is 12.5. The highest BCUT2D eigenvalue weighted by Gasteiger charge is 2.26. The molecule has 0 spiro atoms. The molecule has 1 N–H and O–H groups in total. The molecule has 0 unspecified atom stereocenters. The van der Waals surface area contributed by atoms with Crippen LogP contribution in [0.15, 0.2) is 0 Å². The third-order valence-corrected chi connectivity index (χ3v) is 4.29. The Balaban J connectivity index is 1.83. The molecule has 18 heavy (non-hydrogen) atoms. The number of anilines is 1. The monoisotopic (exact) mass is 269 g/mol. The van der Waals surface area contributed by atoms with Crippen LogP contribution >= 0.6 is 11.3 Å². The topological polar surface area (TPSA) is 44.3 Å². The molecule has 1 aliphatic rings. The molecule has 0 saturated carbocycles. The quantitative estimate of drug-likeness (QED) is 0.901. The van der Waals surface area contributed by atoms with Crippen LogP contribution in [0, 0.1) is 0 Å². The summed E-state index contributed by atoms with van der Waals surface area (Å²) in [4.78, 5) is 5.00. The van der Waals surface area contributed by atoms with Gasteiger partial charge in [0.05, 0.1) is 6.54 Å². The van der Waals surface area contributed by atoms with Crippen molar-refractivity contribution in [1.29, 1.82) is 0 Å². The van der Waals surface area contributed by atoms with Gasteiger partial charge in [0.1, 0.15) is 5.01 Å². The number of nitrogens with one attached hydrogen (secondary N) is 1. The Bertz CT molecular complexity index is 376. The fraction of sp³-hybridized carbons (Fsp3) is 0.833. The maximum absolute atomic E-state index is 4.20. The van der Waals surface area contributed by atoms with Gasteiger partial charge in [0.2, 0.25) is 5.13 Å². The average Bonchev–Trinajstić information content (AvgIpc) is 2.76. The van der Waals surface area contributed by atoms with Crippen LogP contribution in [0.25, 0.3) is 0 Å². The lowest BCUT2D eigenvalue weighted by Crippen LogP contribution is -2.53. The van der Waals surface area contributed by atoms with Crippen LogP contribution in [-0.2, 0) is 6.54 Å². The lowest BCUT2D eigenvalue weighted by molar-refractivity contribution is 0.0590. The number of aromatic nitrogens is 2. The van der Waals surface area contributed by atoms with Crippen molar-refractivity contribution in [2.24, 2.45) is 0 Å². The Hall–Kier alpha value is -0.720. The first-order valence-corrected chi connectivity index (χ1v) is 7.28. The second-order valence-corrected chi connectivity index (χ2v) is 6.75. The molecule has 5 nitrogen and oxygen atoms in total. The highest BCUT2D eigenvalue weighted by Crippen LogP contribution is 2.19. The molecule has 0 aromatic carbocycles. The van der Waals surface area contributed by atoms with Gasteiger partial charge in [-0.15, -0.1) is 10.2 Å². The van der Waals surface area contributed by atoms with Crippen LogP contribution in [-0.4, -0.2) is 58.8 Å². The third-order valence-electron chi connectivity index (χ3n) is 3.36. The van der Waals surface area contributed by atoms with E-state index < -0.39 is 0 Å². The summed E-state index contributed by atoms with van der Waals surface area (Å²) in [5, 5.41) is 13.3. The summed E-state index contributed by atoms with van der Waals surface area (Å²) in [6, 6.07) is 0. The molecular formula is C12H23N5S. The van der Waals surface area contributed by atoms with Gasteiger partial charge in [-0.1, -0.05) is 11.3 Å². The van der Waals surface area contributed by atoms with Crippen molar-refractivity contribution < 1.29 is 0 Å². The van der Waals surface area contributed by atoms with Gasteiger partial charge in [0, 0.05) is 38.8 Å². The van der Waals surface area contributed by atoms with Gasteiger partial charge >= 0.3 is 0 Å². The zero-order valence-electron chi connectivity index (χ0n) is 11.7. The van der Waals surface area contributed by atoms with Gasteiger partial charge in [-0.2, -0.15) is 0 Å². The summed E-state index contributed by atoms with van der Waals surface area (Å²) < 4.78 is 0. The van der Waals surface area contributed by atoms with Gasteiger partial charge < -0.3 is 5.32 Å². The molecule has 1 fully saturated rings. The molecule has 1 aromatic rings. The third kappa shape index (κ3) is 3.40. The molecule has 0 aliphatic carbocycles. The molecule has 0 radical (unpaired) electrons. The van der Waals surface area contributed by atoms with E-state index in [1.807, 2.05) is 7.05 Å². The van der Waals surface area contributed by atoms with Crippen molar-refractivity contribution in [1.82, 2.24) is 20.0 Å². The molecule has 1 aromatic heterocycles. The maximum Gasteiger partial charge on any atom is 0.205 e. The minimum Gasteiger partial charge on any atom is -0.363 e. The van der Waals surface area contributed by atoms with E-state index in [0.717, 1.165) is 42.9 Å². The van der Waals surface area contributed by atoms with Crippen molar-refractivity contribution in [2.45, 2.75) is 32.9 Å². The van der Waals surface area contributed by atoms with E-state index in [9.17, 15) is 0 Å². The van der Waals surface area contributed by atoms with Crippen LogP contribution in [0.5, 0.6) is 0 Å². The molecular weight excluding hydrogens is 246 g/mol. The van der Waals surface area contributed by atoms with E-state index in [4.69, 9.17) is 0 Å². The fourth-order valence-corrected chi connectivity index (χ4v) is 2.92. The number of nitrogens with zero attached hydrogens (tertiary/aromatic N) is 4. The number of piperazine rings is 1. The van der Waals surface area contributed by atoms with Gasteiger partial charge in [-0.05, 0) is 20.8 Å². The number of rotatable bonds is 3. The summed E-state index contributed by atoms with van der Waals surface area (Å²) in [5.74, 6) is 0. The molecule has 6 heteroatoms. The van der Waals surface area contributed by atoms with Gasteiger partial charge in [0.15, 0.2) is 0 Å². The predicted octanol–water partition coefficient (Wildman–Crippen LogP) is 1.50. The Labute approximate surface area is 113 Å². The normalized spacial score (nSPS) is 19.1. The fourth-order valence-electron chi connectivity index (χ4n) is 2.19. The van der Waals surface area contributed by atoms with Crippen LogP contribution in [0.3, 0.4) is 0 Å². The predicted molar refractivity (Wildman–Crippen MR) is 76.1 cm³/mol. The van der Waals surface area contributed by atoms with Crippen LogP contribution in [0.4, 0.5) is 5.13 Å². The van der Waals surface area contributed by atoms with Crippen LogP contribution in [0.1, 0.15) is 25.8 Å². The second-order valence-electron chi connectivity index (χ2n) is 5.68. The largest absolute Gasteiger partial charge is 0.363 e. The molecule has 1 saturated heterocycles. The molecule has 2 rings (SSSR count). The first-order chi connectivity index (χ1) is 8.49. The maximum atomic E-state index is 4.20. The Morgan fingerprint density at radius 3 is 2.33 bits per heavy atom. The number of hydrogen-bond acceptors (Lipinski definition) is 6. The van der Waals surface area contributed by atoms with Crippen LogP contribution < -0.4 is 5.32 Å². The van der Waals surface area contributed by atoms with E-state index in [-0.39, 0.29) is 5.54 Å².